The Morgan fingerprint density at radius 3 is 2.50 bits per heavy atom. The van der Waals surface area contributed by atoms with Gasteiger partial charge in [-0.3, -0.25) is 4.79 Å². The Bertz CT molecular complexity index is 386. The van der Waals surface area contributed by atoms with Crippen molar-refractivity contribution in [1.29, 1.82) is 0 Å². The first-order valence-corrected chi connectivity index (χ1v) is 7.03. The number of aliphatic carboxylic acids is 1. The van der Waals surface area contributed by atoms with E-state index in [2.05, 4.69) is 10.6 Å². The molecule has 0 aliphatic carbocycles. The normalized spacial score (nSPS) is 21.6. The van der Waals surface area contributed by atoms with Gasteiger partial charge in [-0.2, -0.15) is 0 Å². The highest BCUT2D eigenvalue weighted by molar-refractivity contribution is 5.89. The van der Waals surface area contributed by atoms with Crippen LogP contribution < -0.4 is 10.6 Å². The number of amides is 3. The number of carbonyl (C=O) groups excluding carboxylic acids is 2. The van der Waals surface area contributed by atoms with Gasteiger partial charge in [-0.05, 0) is 25.7 Å². The largest absolute Gasteiger partial charge is 0.479 e. The van der Waals surface area contributed by atoms with Crippen molar-refractivity contribution in [2.75, 3.05) is 19.6 Å². The number of urea groups is 1. The van der Waals surface area contributed by atoms with Gasteiger partial charge in [-0.25, -0.2) is 9.59 Å². The number of rotatable bonds is 6. The van der Waals surface area contributed by atoms with Crippen LogP contribution in [0, 0.1) is 0 Å². The van der Waals surface area contributed by atoms with Gasteiger partial charge in [-0.1, -0.05) is 13.8 Å². The molecule has 1 heterocycles. The Hall–Kier alpha value is -1.79. The van der Waals surface area contributed by atoms with E-state index in [0.717, 1.165) is 6.42 Å². The fourth-order valence-corrected chi connectivity index (χ4v) is 2.49. The molecule has 114 valence electrons. The molecule has 1 rings (SSSR count). The Balaban J connectivity index is 2.58. The van der Waals surface area contributed by atoms with Crippen LogP contribution in [-0.2, 0) is 9.59 Å². The van der Waals surface area contributed by atoms with E-state index in [1.807, 2.05) is 6.92 Å². The number of carboxylic acid groups (broad SMARTS) is 1. The molecular weight excluding hydrogens is 262 g/mol. The molecule has 3 amide bonds. The summed E-state index contributed by atoms with van der Waals surface area (Å²) in [7, 11) is 0. The molecule has 1 fully saturated rings. The van der Waals surface area contributed by atoms with Crippen LogP contribution in [0.5, 0.6) is 0 Å². The number of likely N-dealkylation sites (tertiary alicyclic amines) is 1. The summed E-state index contributed by atoms with van der Waals surface area (Å²) in [5.41, 5.74) is -1.13. The molecule has 7 heteroatoms. The number of hydrogen-bond acceptors (Lipinski definition) is 3. The van der Waals surface area contributed by atoms with Crippen molar-refractivity contribution in [1.82, 2.24) is 15.5 Å². The Labute approximate surface area is 118 Å². The minimum Gasteiger partial charge on any atom is -0.479 e. The monoisotopic (exact) mass is 285 g/mol. The molecule has 0 bridgehead atoms. The Morgan fingerprint density at radius 1 is 1.25 bits per heavy atom. The zero-order chi connectivity index (χ0) is 15.2. The van der Waals surface area contributed by atoms with E-state index < -0.39 is 17.5 Å². The highest BCUT2D eigenvalue weighted by Gasteiger charge is 2.48. The van der Waals surface area contributed by atoms with Gasteiger partial charge in [0.25, 0.3) is 0 Å². The minimum atomic E-state index is -1.13. The van der Waals surface area contributed by atoms with Crippen molar-refractivity contribution in [2.24, 2.45) is 0 Å². The quantitative estimate of drug-likeness (QED) is 0.663. The lowest BCUT2D eigenvalue weighted by molar-refractivity contribution is -0.148. The van der Waals surface area contributed by atoms with E-state index in [0.29, 0.717) is 32.4 Å². The van der Waals surface area contributed by atoms with Crippen LogP contribution >= 0.6 is 0 Å². The predicted molar refractivity (Wildman–Crippen MR) is 73.3 cm³/mol. The zero-order valence-corrected chi connectivity index (χ0v) is 12.1. The topological polar surface area (TPSA) is 98.7 Å². The van der Waals surface area contributed by atoms with E-state index in [4.69, 9.17) is 0 Å². The maximum Gasteiger partial charge on any atom is 0.329 e. The van der Waals surface area contributed by atoms with Crippen LogP contribution in [0.15, 0.2) is 0 Å². The molecular formula is C13H23N3O4. The molecule has 1 aliphatic rings. The number of carbonyl (C=O) groups is 3. The molecule has 0 radical (unpaired) electrons. The lowest BCUT2D eigenvalue weighted by Crippen LogP contribution is -2.56. The van der Waals surface area contributed by atoms with Gasteiger partial charge in [-0.15, -0.1) is 0 Å². The summed E-state index contributed by atoms with van der Waals surface area (Å²) in [4.78, 5) is 36.3. The second-order valence-corrected chi connectivity index (χ2v) is 4.95. The summed E-state index contributed by atoms with van der Waals surface area (Å²) in [5.74, 6) is -1.25. The summed E-state index contributed by atoms with van der Waals surface area (Å²) < 4.78 is 0. The van der Waals surface area contributed by atoms with Gasteiger partial charge in [0.1, 0.15) is 5.54 Å². The molecule has 3 N–H and O–H groups in total. The average Bonchev–Trinajstić information content (AvgIpc) is 2.87. The second kappa shape index (κ2) is 7.12. The van der Waals surface area contributed by atoms with E-state index in [9.17, 15) is 19.5 Å². The third-order valence-electron chi connectivity index (χ3n) is 3.69. The lowest BCUT2D eigenvalue weighted by atomic mass is 9.93. The van der Waals surface area contributed by atoms with Gasteiger partial charge in [0, 0.05) is 13.1 Å². The predicted octanol–water partition coefficient (Wildman–Crippen LogP) is 0.551. The third kappa shape index (κ3) is 3.40. The van der Waals surface area contributed by atoms with Crippen LogP contribution in [0.2, 0.25) is 0 Å². The molecule has 1 aliphatic heterocycles. The Kier molecular flexibility index (Phi) is 5.79. The van der Waals surface area contributed by atoms with Gasteiger partial charge >= 0.3 is 12.0 Å². The SMILES string of the molecule is CCCNC(=O)CNC(=O)N1CCCC1(CC)C(=O)O. The smallest absolute Gasteiger partial charge is 0.329 e. The number of carboxylic acids is 1. The zero-order valence-electron chi connectivity index (χ0n) is 12.1. The fourth-order valence-electron chi connectivity index (χ4n) is 2.49. The second-order valence-electron chi connectivity index (χ2n) is 4.95. The molecule has 0 spiro atoms. The maximum absolute atomic E-state index is 12.1. The van der Waals surface area contributed by atoms with Crippen molar-refractivity contribution < 1.29 is 19.5 Å². The number of nitrogens with zero attached hydrogens (tertiary/aromatic N) is 1. The van der Waals surface area contributed by atoms with Crippen molar-refractivity contribution in [2.45, 2.75) is 45.1 Å². The van der Waals surface area contributed by atoms with Gasteiger partial charge in [0.2, 0.25) is 5.91 Å². The summed E-state index contributed by atoms with van der Waals surface area (Å²) in [6.07, 6.45) is 2.30. The summed E-state index contributed by atoms with van der Waals surface area (Å²) in [6.45, 7) is 4.53. The molecule has 0 aromatic rings. The highest BCUT2D eigenvalue weighted by atomic mass is 16.4. The molecule has 0 aromatic heterocycles. The van der Waals surface area contributed by atoms with Crippen LogP contribution in [0.1, 0.15) is 39.5 Å². The summed E-state index contributed by atoms with van der Waals surface area (Å²) in [6, 6.07) is -0.488. The first-order valence-electron chi connectivity index (χ1n) is 7.03. The lowest BCUT2D eigenvalue weighted by Gasteiger charge is -2.33. The summed E-state index contributed by atoms with van der Waals surface area (Å²) >= 11 is 0. The maximum atomic E-state index is 12.1. The number of hydrogen-bond donors (Lipinski definition) is 3. The van der Waals surface area contributed by atoms with Gasteiger partial charge in [0.05, 0.1) is 6.54 Å². The number of nitrogens with one attached hydrogen (secondary N) is 2. The van der Waals surface area contributed by atoms with E-state index in [-0.39, 0.29) is 12.5 Å². The Morgan fingerprint density at radius 2 is 1.95 bits per heavy atom. The fraction of sp³-hybridized carbons (Fsp3) is 0.769. The standard InChI is InChI=1S/C13H23N3O4/c1-3-7-14-10(17)9-15-12(20)16-8-5-6-13(16,4-2)11(18)19/h3-9H2,1-2H3,(H,14,17)(H,15,20)(H,18,19). The van der Waals surface area contributed by atoms with E-state index in [1.165, 1.54) is 4.90 Å². The molecule has 0 saturated carbocycles. The van der Waals surface area contributed by atoms with Crippen molar-refractivity contribution in [3.05, 3.63) is 0 Å². The van der Waals surface area contributed by atoms with Crippen molar-refractivity contribution in [3.63, 3.8) is 0 Å². The first-order chi connectivity index (χ1) is 9.47. The van der Waals surface area contributed by atoms with Crippen molar-refractivity contribution >= 4 is 17.9 Å². The molecule has 1 unspecified atom stereocenters. The molecule has 1 saturated heterocycles. The molecule has 0 aromatic carbocycles. The molecule has 20 heavy (non-hydrogen) atoms. The van der Waals surface area contributed by atoms with Gasteiger partial charge in [0.15, 0.2) is 0 Å². The average molecular weight is 285 g/mol. The van der Waals surface area contributed by atoms with E-state index >= 15 is 0 Å². The van der Waals surface area contributed by atoms with Crippen LogP contribution in [0.25, 0.3) is 0 Å². The van der Waals surface area contributed by atoms with Crippen molar-refractivity contribution in [3.8, 4) is 0 Å². The van der Waals surface area contributed by atoms with E-state index in [1.54, 1.807) is 6.92 Å². The van der Waals surface area contributed by atoms with Crippen LogP contribution in [0.3, 0.4) is 0 Å². The third-order valence-corrected chi connectivity index (χ3v) is 3.69. The summed E-state index contributed by atoms with van der Waals surface area (Å²) in [5, 5.41) is 14.5. The van der Waals surface area contributed by atoms with Crippen LogP contribution in [-0.4, -0.2) is 53.1 Å². The molecule has 7 nitrogen and oxygen atoms in total. The van der Waals surface area contributed by atoms with Gasteiger partial charge < -0.3 is 20.6 Å². The van der Waals surface area contributed by atoms with Crippen LogP contribution in [0.4, 0.5) is 4.79 Å². The highest BCUT2D eigenvalue weighted by Crippen LogP contribution is 2.32. The minimum absolute atomic E-state index is 0.130. The molecule has 1 atom stereocenters. The first kappa shape index (κ1) is 16.3.